The summed E-state index contributed by atoms with van der Waals surface area (Å²) >= 11 is 0. The number of carboxylic acid groups (broad SMARTS) is 1. The van der Waals surface area contributed by atoms with E-state index in [9.17, 15) is 14.4 Å². The number of hydrogen-bond acceptors (Lipinski definition) is 3. The normalized spacial score (nSPS) is 10.4. The molecule has 0 aromatic heterocycles. The van der Waals surface area contributed by atoms with Crippen molar-refractivity contribution >= 4 is 23.5 Å². The molecule has 0 atom stereocenters. The Morgan fingerprint density at radius 3 is 2.23 bits per heavy atom. The molecule has 0 fully saturated rings. The first-order chi connectivity index (χ1) is 10.3. The van der Waals surface area contributed by atoms with E-state index in [0.29, 0.717) is 24.2 Å². The summed E-state index contributed by atoms with van der Waals surface area (Å²) in [5.41, 5.74) is 1.01. The van der Waals surface area contributed by atoms with Gasteiger partial charge in [-0.1, -0.05) is 20.8 Å². The number of benzene rings is 1. The minimum atomic E-state index is -1.04. The third-order valence-corrected chi connectivity index (χ3v) is 3.03. The van der Waals surface area contributed by atoms with Crippen LogP contribution in [-0.2, 0) is 9.59 Å². The van der Waals surface area contributed by atoms with Gasteiger partial charge in [0.15, 0.2) is 0 Å². The Morgan fingerprint density at radius 2 is 1.77 bits per heavy atom. The zero-order chi connectivity index (χ0) is 16.7. The predicted molar refractivity (Wildman–Crippen MR) is 83.7 cm³/mol. The van der Waals surface area contributed by atoms with Gasteiger partial charge in [-0.3, -0.25) is 14.4 Å². The Labute approximate surface area is 130 Å². The van der Waals surface area contributed by atoms with E-state index in [1.807, 2.05) is 6.92 Å². The van der Waals surface area contributed by atoms with Crippen molar-refractivity contribution in [3.05, 3.63) is 29.8 Å². The minimum absolute atomic E-state index is 0.0995. The van der Waals surface area contributed by atoms with Crippen molar-refractivity contribution in [3.63, 3.8) is 0 Å². The molecule has 2 N–H and O–H groups in total. The van der Waals surface area contributed by atoms with Gasteiger partial charge in [-0.05, 0) is 30.7 Å². The topological polar surface area (TPSA) is 86.7 Å². The van der Waals surface area contributed by atoms with Crippen LogP contribution in [0.3, 0.4) is 0 Å². The van der Waals surface area contributed by atoms with Crippen LogP contribution in [-0.4, -0.2) is 40.9 Å². The Bertz CT molecular complexity index is 538. The van der Waals surface area contributed by atoms with Gasteiger partial charge in [0.1, 0.15) is 6.54 Å². The molecule has 0 saturated heterocycles. The quantitative estimate of drug-likeness (QED) is 0.808. The summed E-state index contributed by atoms with van der Waals surface area (Å²) in [5, 5.41) is 11.6. The second-order valence-corrected chi connectivity index (χ2v) is 5.34. The third kappa shape index (κ3) is 5.20. The highest BCUT2D eigenvalue weighted by atomic mass is 16.4. The van der Waals surface area contributed by atoms with Gasteiger partial charge in [0.25, 0.3) is 5.91 Å². The maximum Gasteiger partial charge on any atom is 0.323 e. The van der Waals surface area contributed by atoms with Gasteiger partial charge >= 0.3 is 5.97 Å². The zero-order valence-electron chi connectivity index (χ0n) is 13.1. The maximum absolute atomic E-state index is 12.3. The summed E-state index contributed by atoms with van der Waals surface area (Å²) in [6.07, 6.45) is 0.682. The number of rotatable bonds is 7. The second kappa shape index (κ2) is 8.17. The lowest BCUT2D eigenvalue weighted by Gasteiger charge is -2.20. The molecule has 120 valence electrons. The first-order valence-electron chi connectivity index (χ1n) is 7.27. The van der Waals surface area contributed by atoms with Gasteiger partial charge in [-0.2, -0.15) is 0 Å². The van der Waals surface area contributed by atoms with E-state index in [1.54, 1.807) is 38.1 Å². The highest BCUT2D eigenvalue weighted by Gasteiger charge is 2.17. The van der Waals surface area contributed by atoms with Crippen molar-refractivity contribution in [2.75, 3.05) is 18.4 Å². The smallest absolute Gasteiger partial charge is 0.323 e. The van der Waals surface area contributed by atoms with Crippen LogP contribution < -0.4 is 5.32 Å². The van der Waals surface area contributed by atoms with E-state index in [1.165, 1.54) is 4.90 Å². The number of anilines is 1. The lowest BCUT2D eigenvalue weighted by atomic mass is 10.1. The number of amides is 2. The molecule has 22 heavy (non-hydrogen) atoms. The van der Waals surface area contributed by atoms with Crippen molar-refractivity contribution < 1.29 is 19.5 Å². The molecule has 1 aromatic rings. The van der Waals surface area contributed by atoms with Crippen LogP contribution in [0.1, 0.15) is 37.6 Å². The second-order valence-electron chi connectivity index (χ2n) is 5.34. The Kier molecular flexibility index (Phi) is 6.56. The summed E-state index contributed by atoms with van der Waals surface area (Å²) in [4.78, 5) is 36.0. The number of nitrogens with one attached hydrogen (secondary N) is 1. The molecule has 6 nitrogen and oxygen atoms in total. The summed E-state index contributed by atoms with van der Waals surface area (Å²) < 4.78 is 0. The summed E-state index contributed by atoms with van der Waals surface area (Å²) in [6, 6.07) is 6.45. The van der Waals surface area contributed by atoms with E-state index < -0.39 is 5.97 Å². The number of hydrogen-bond donors (Lipinski definition) is 2. The van der Waals surface area contributed by atoms with Crippen LogP contribution in [0.15, 0.2) is 24.3 Å². The lowest BCUT2D eigenvalue weighted by Crippen LogP contribution is -2.36. The molecule has 1 rings (SSSR count). The standard InChI is InChI=1S/C16H22N2O4/c1-4-9-18(10-14(19)20)16(22)12-5-7-13(8-6-12)17-15(21)11(2)3/h5-8,11H,4,9-10H2,1-3H3,(H,17,21)(H,19,20). The average Bonchev–Trinajstić information content (AvgIpc) is 2.46. The van der Waals surface area contributed by atoms with Crippen LogP contribution in [0.4, 0.5) is 5.69 Å². The number of carboxylic acids is 1. The number of aliphatic carboxylic acids is 1. The number of nitrogens with zero attached hydrogens (tertiary/aromatic N) is 1. The van der Waals surface area contributed by atoms with Crippen LogP contribution in [0.2, 0.25) is 0 Å². The van der Waals surface area contributed by atoms with Gasteiger partial charge in [-0.15, -0.1) is 0 Å². The summed E-state index contributed by atoms with van der Waals surface area (Å²) in [6.45, 7) is 5.53. The largest absolute Gasteiger partial charge is 0.480 e. The van der Waals surface area contributed by atoms with Crippen LogP contribution in [0.5, 0.6) is 0 Å². The molecule has 1 aromatic carbocycles. The lowest BCUT2D eigenvalue weighted by molar-refractivity contribution is -0.137. The number of carbonyl (C=O) groups excluding carboxylic acids is 2. The fourth-order valence-corrected chi connectivity index (χ4v) is 1.85. The molecule has 0 aliphatic heterocycles. The Hall–Kier alpha value is -2.37. The first-order valence-corrected chi connectivity index (χ1v) is 7.27. The van der Waals surface area contributed by atoms with E-state index in [4.69, 9.17) is 5.11 Å². The van der Waals surface area contributed by atoms with Crippen molar-refractivity contribution in [1.82, 2.24) is 4.90 Å². The van der Waals surface area contributed by atoms with E-state index in [-0.39, 0.29) is 24.3 Å². The minimum Gasteiger partial charge on any atom is -0.480 e. The highest BCUT2D eigenvalue weighted by molar-refractivity contribution is 5.97. The third-order valence-electron chi connectivity index (χ3n) is 3.03. The molecule has 0 aliphatic carbocycles. The molecule has 0 unspecified atom stereocenters. The van der Waals surface area contributed by atoms with Gasteiger partial charge in [0.05, 0.1) is 0 Å². The van der Waals surface area contributed by atoms with Gasteiger partial charge in [0.2, 0.25) is 5.91 Å². The number of carbonyl (C=O) groups is 3. The van der Waals surface area contributed by atoms with Crippen LogP contribution in [0.25, 0.3) is 0 Å². The molecule has 0 bridgehead atoms. The van der Waals surface area contributed by atoms with Gasteiger partial charge < -0.3 is 15.3 Å². The Morgan fingerprint density at radius 1 is 1.18 bits per heavy atom. The van der Waals surface area contributed by atoms with Crippen molar-refractivity contribution in [2.45, 2.75) is 27.2 Å². The molecular weight excluding hydrogens is 284 g/mol. The maximum atomic E-state index is 12.3. The molecule has 0 radical (unpaired) electrons. The molecule has 0 heterocycles. The molecule has 6 heteroatoms. The van der Waals surface area contributed by atoms with E-state index >= 15 is 0 Å². The van der Waals surface area contributed by atoms with Crippen molar-refractivity contribution in [1.29, 1.82) is 0 Å². The molecule has 0 saturated carbocycles. The SMILES string of the molecule is CCCN(CC(=O)O)C(=O)c1ccc(NC(=O)C(C)C)cc1. The predicted octanol–water partition coefficient (Wildman–Crippen LogP) is 2.22. The van der Waals surface area contributed by atoms with Gasteiger partial charge in [0, 0.05) is 23.7 Å². The molecular formula is C16H22N2O4. The van der Waals surface area contributed by atoms with Crippen molar-refractivity contribution in [2.24, 2.45) is 5.92 Å². The van der Waals surface area contributed by atoms with Gasteiger partial charge in [-0.25, -0.2) is 0 Å². The molecule has 2 amide bonds. The Balaban J connectivity index is 2.81. The summed E-state index contributed by atoms with van der Waals surface area (Å²) in [5.74, 6) is -1.59. The van der Waals surface area contributed by atoms with E-state index in [0.717, 1.165) is 0 Å². The van der Waals surface area contributed by atoms with E-state index in [2.05, 4.69) is 5.32 Å². The fraction of sp³-hybridized carbons (Fsp3) is 0.438. The monoisotopic (exact) mass is 306 g/mol. The zero-order valence-corrected chi connectivity index (χ0v) is 13.1. The highest BCUT2D eigenvalue weighted by Crippen LogP contribution is 2.13. The van der Waals surface area contributed by atoms with Crippen LogP contribution in [0, 0.1) is 5.92 Å². The van der Waals surface area contributed by atoms with Crippen LogP contribution >= 0.6 is 0 Å². The average molecular weight is 306 g/mol. The molecule has 0 aliphatic rings. The summed E-state index contributed by atoms with van der Waals surface area (Å²) in [7, 11) is 0. The molecule has 0 spiro atoms. The first kappa shape index (κ1) is 17.7. The fourth-order valence-electron chi connectivity index (χ4n) is 1.85. The van der Waals surface area contributed by atoms with Crippen molar-refractivity contribution in [3.8, 4) is 0 Å².